The predicted octanol–water partition coefficient (Wildman–Crippen LogP) is 24.2. The molecule has 0 aliphatic rings. The zero-order valence-electron chi connectivity index (χ0n) is 53.8. The molecule has 0 aliphatic carbocycles. The van der Waals surface area contributed by atoms with E-state index in [1.54, 1.807) is 0 Å². The van der Waals surface area contributed by atoms with Crippen LogP contribution in [0.25, 0.3) is 0 Å². The summed E-state index contributed by atoms with van der Waals surface area (Å²) in [6.07, 6.45) is 91.8. The third-order valence-electron chi connectivity index (χ3n) is 15.4. The van der Waals surface area contributed by atoms with Gasteiger partial charge in [0.05, 0.1) is 0 Å². The highest BCUT2D eigenvalue weighted by atomic mass is 16.6. The fourth-order valence-electron chi connectivity index (χ4n) is 10.1. The average Bonchev–Trinajstić information content (AvgIpc) is 3.47. The maximum Gasteiger partial charge on any atom is 0.306 e. The summed E-state index contributed by atoms with van der Waals surface area (Å²) in [5.41, 5.74) is 0. The van der Waals surface area contributed by atoms with Crippen LogP contribution >= 0.6 is 0 Å². The van der Waals surface area contributed by atoms with Gasteiger partial charge in [-0.3, -0.25) is 14.4 Å². The van der Waals surface area contributed by atoms with Gasteiger partial charge in [0.15, 0.2) is 6.10 Å². The van der Waals surface area contributed by atoms with Crippen molar-refractivity contribution in [2.75, 3.05) is 13.2 Å². The molecule has 6 nitrogen and oxygen atoms in total. The SMILES string of the molecule is CC/C=C\C/C=C\C/C=C\CCCCCCCCCC(=O)OC(COC(=O)CCCCCCC/C=C\CCCCCCCC)COC(=O)CCCCCCCCCCCCCCCCCC/C=C\C/C=C\C/C=C\CCCCCCC. The molecular weight excluding hydrogens is 997 g/mol. The van der Waals surface area contributed by atoms with Gasteiger partial charge in [-0.25, -0.2) is 0 Å². The minimum Gasteiger partial charge on any atom is -0.462 e. The molecule has 1 unspecified atom stereocenters. The van der Waals surface area contributed by atoms with Gasteiger partial charge in [-0.1, -0.05) is 305 Å². The largest absolute Gasteiger partial charge is 0.462 e. The summed E-state index contributed by atoms with van der Waals surface area (Å²) >= 11 is 0. The molecule has 0 heterocycles. The highest BCUT2D eigenvalue weighted by Crippen LogP contribution is 2.17. The van der Waals surface area contributed by atoms with Crippen molar-refractivity contribution in [3.63, 3.8) is 0 Å². The molecule has 0 N–H and O–H groups in total. The Morgan fingerprint density at radius 1 is 0.259 bits per heavy atom. The van der Waals surface area contributed by atoms with Gasteiger partial charge in [-0.15, -0.1) is 0 Å². The van der Waals surface area contributed by atoms with Crippen LogP contribution in [0.15, 0.2) is 85.1 Å². The molecule has 0 rings (SSSR count). The Balaban J connectivity index is 4.23. The molecular formula is C75H132O6. The van der Waals surface area contributed by atoms with Gasteiger partial charge in [0.2, 0.25) is 0 Å². The molecule has 0 radical (unpaired) electrons. The maximum atomic E-state index is 12.9. The Bertz CT molecular complexity index is 1530. The fraction of sp³-hybridized carbons (Fsp3) is 0.773. The molecule has 0 saturated heterocycles. The number of carbonyl (C=O) groups excluding carboxylic acids is 3. The van der Waals surface area contributed by atoms with E-state index in [-0.39, 0.29) is 31.1 Å². The molecule has 0 amide bonds. The molecule has 1 atom stereocenters. The lowest BCUT2D eigenvalue weighted by molar-refractivity contribution is -0.167. The molecule has 468 valence electrons. The lowest BCUT2D eigenvalue weighted by Crippen LogP contribution is -2.30. The Morgan fingerprint density at radius 3 is 0.765 bits per heavy atom. The first-order valence-corrected chi connectivity index (χ1v) is 35.1. The molecule has 0 aromatic carbocycles. The molecule has 0 spiro atoms. The molecule has 0 aliphatic heterocycles. The quantitative estimate of drug-likeness (QED) is 0.0261. The highest BCUT2D eigenvalue weighted by Gasteiger charge is 2.19. The Labute approximate surface area is 503 Å². The number of unbranched alkanes of at least 4 members (excludes halogenated alkanes) is 39. The summed E-state index contributed by atoms with van der Waals surface area (Å²) in [5.74, 6) is -0.883. The van der Waals surface area contributed by atoms with Crippen molar-refractivity contribution in [1.29, 1.82) is 0 Å². The fourth-order valence-corrected chi connectivity index (χ4v) is 10.1. The molecule has 81 heavy (non-hydrogen) atoms. The lowest BCUT2D eigenvalue weighted by atomic mass is 10.0. The number of carbonyl (C=O) groups is 3. The third kappa shape index (κ3) is 67.3. The van der Waals surface area contributed by atoms with Crippen molar-refractivity contribution < 1.29 is 28.6 Å². The van der Waals surface area contributed by atoms with E-state index < -0.39 is 6.10 Å². The van der Waals surface area contributed by atoms with Crippen LogP contribution in [-0.4, -0.2) is 37.2 Å². The van der Waals surface area contributed by atoms with E-state index in [0.717, 1.165) is 103 Å². The lowest BCUT2D eigenvalue weighted by Gasteiger charge is -2.18. The van der Waals surface area contributed by atoms with Crippen LogP contribution in [0.5, 0.6) is 0 Å². The number of rotatable bonds is 64. The number of allylic oxidation sites excluding steroid dienone is 14. The zero-order valence-corrected chi connectivity index (χ0v) is 53.8. The number of hydrogen-bond acceptors (Lipinski definition) is 6. The normalized spacial score (nSPS) is 12.6. The molecule has 0 aromatic rings. The van der Waals surface area contributed by atoms with Crippen LogP contribution in [0.3, 0.4) is 0 Å². The van der Waals surface area contributed by atoms with Crippen molar-refractivity contribution >= 4 is 17.9 Å². The van der Waals surface area contributed by atoms with Gasteiger partial charge >= 0.3 is 17.9 Å². The van der Waals surface area contributed by atoms with Gasteiger partial charge in [0.1, 0.15) is 13.2 Å². The van der Waals surface area contributed by atoms with Gasteiger partial charge in [-0.05, 0) is 116 Å². The number of hydrogen-bond donors (Lipinski definition) is 0. The Morgan fingerprint density at radius 2 is 0.481 bits per heavy atom. The van der Waals surface area contributed by atoms with Crippen molar-refractivity contribution in [3.05, 3.63) is 85.1 Å². The molecule has 0 bridgehead atoms. The van der Waals surface area contributed by atoms with E-state index in [0.29, 0.717) is 19.3 Å². The molecule has 0 aromatic heterocycles. The maximum absolute atomic E-state index is 12.9. The van der Waals surface area contributed by atoms with Crippen LogP contribution in [0, 0.1) is 0 Å². The Kier molecular flexibility index (Phi) is 66.2. The first-order chi connectivity index (χ1) is 40.0. The van der Waals surface area contributed by atoms with E-state index in [4.69, 9.17) is 14.2 Å². The van der Waals surface area contributed by atoms with E-state index in [1.165, 1.54) is 212 Å². The Hall–Kier alpha value is -3.41. The third-order valence-corrected chi connectivity index (χ3v) is 15.4. The van der Waals surface area contributed by atoms with Gasteiger partial charge in [0.25, 0.3) is 0 Å². The van der Waals surface area contributed by atoms with Gasteiger partial charge in [0, 0.05) is 19.3 Å². The molecule has 0 fully saturated rings. The number of esters is 3. The predicted molar refractivity (Wildman–Crippen MR) is 353 cm³/mol. The summed E-state index contributed by atoms with van der Waals surface area (Å²) in [7, 11) is 0. The molecule has 6 heteroatoms. The summed E-state index contributed by atoms with van der Waals surface area (Å²) in [4.78, 5) is 38.4. The second-order valence-corrected chi connectivity index (χ2v) is 23.4. The zero-order chi connectivity index (χ0) is 58.5. The van der Waals surface area contributed by atoms with E-state index in [2.05, 4.69) is 106 Å². The topological polar surface area (TPSA) is 78.9 Å². The van der Waals surface area contributed by atoms with Gasteiger partial charge < -0.3 is 14.2 Å². The first kappa shape index (κ1) is 77.6. The van der Waals surface area contributed by atoms with Crippen LogP contribution in [0.1, 0.15) is 355 Å². The van der Waals surface area contributed by atoms with Crippen molar-refractivity contribution in [1.82, 2.24) is 0 Å². The smallest absolute Gasteiger partial charge is 0.306 e. The summed E-state index contributed by atoms with van der Waals surface area (Å²) in [6, 6.07) is 0. The van der Waals surface area contributed by atoms with Crippen LogP contribution in [0.2, 0.25) is 0 Å². The van der Waals surface area contributed by atoms with E-state index in [9.17, 15) is 14.4 Å². The monoisotopic (exact) mass is 1130 g/mol. The highest BCUT2D eigenvalue weighted by molar-refractivity contribution is 5.71. The minimum atomic E-state index is -0.786. The van der Waals surface area contributed by atoms with Crippen molar-refractivity contribution in [3.8, 4) is 0 Å². The summed E-state index contributed by atoms with van der Waals surface area (Å²) in [6.45, 7) is 6.54. The van der Waals surface area contributed by atoms with Gasteiger partial charge in [-0.2, -0.15) is 0 Å². The number of ether oxygens (including phenoxy) is 3. The average molecular weight is 1130 g/mol. The first-order valence-electron chi connectivity index (χ1n) is 35.1. The summed E-state index contributed by atoms with van der Waals surface area (Å²) in [5, 5.41) is 0. The van der Waals surface area contributed by atoms with E-state index in [1.807, 2.05) is 0 Å². The van der Waals surface area contributed by atoms with Crippen LogP contribution in [-0.2, 0) is 28.6 Å². The van der Waals surface area contributed by atoms with Crippen molar-refractivity contribution in [2.24, 2.45) is 0 Å². The summed E-state index contributed by atoms with van der Waals surface area (Å²) < 4.78 is 17.0. The van der Waals surface area contributed by atoms with Crippen LogP contribution in [0.4, 0.5) is 0 Å². The van der Waals surface area contributed by atoms with E-state index >= 15 is 0 Å². The van der Waals surface area contributed by atoms with Crippen molar-refractivity contribution in [2.45, 2.75) is 361 Å². The second-order valence-electron chi connectivity index (χ2n) is 23.4. The minimum absolute atomic E-state index is 0.0807. The standard InChI is InChI=1S/C75H132O6/c1-4-7-10-13-16-19-22-25-28-30-31-32-33-34-35-36-37-38-39-40-41-42-43-45-47-50-53-56-59-62-65-68-74(77)80-71-72(70-79-73(76)67-64-61-58-55-52-49-46-27-24-21-18-15-12-9-6-3)81-75(78)69-66-63-60-57-54-51-48-44-29-26-23-20-17-14-11-8-5-2/h8,11,17,20,22,25-27,29-31,33-34,46,72H,4-7,9-10,12-16,18-19,21,23-24,28,32,35-45,47-71H2,1-3H3/b11-8-,20-17-,25-22-,29-26-,31-30-,34-33-,46-27-. The van der Waals surface area contributed by atoms with Crippen LogP contribution < -0.4 is 0 Å². The second kappa shape index (κ2) is 69.1. The molecule has 0 saturated carbocycles.